The van der Waals surface area contributed by atoms with Crippen molar-refractivity contribution in [2.24, 2.45) is 5.41 Å². The molecule has 1 N–H and O–H groups in total. The molecule has 3 aromatic rings. The number of carbonyl (C=O) groups excluding carboxylic acids is 1. The Bertz CT molecular complexity index is 1130. The van der Waals surface area contributed by atoms with E-state index in [1.807, 2.05) is 39.8 Å². The average Bonchev–Trinajstić information content (AvgIpc) is 3.22. The van der Waals surface area contributed by atoms with E-state index in [-0.39, 0.29) is 23.4 Å². The Morgan fingerprint density at radius 2 is 1.74 bits per heavy atom. The summed E-state index contributed by atoms with van der Waals surface area (Å²) in [5, 5.41) is 11.3. The van der Waals surface area contributed by atoms with Crippen LogP contribution in [0.15, 0.2) is 46.9 Å². The molecule has 0 amide bonds. The number of rotatable bonds is 9. The lowest BCUT2D eigenvalue weighted by Gasteiger charge is -2.31. The average molecular weight is 467 g/mol. The van der Waals surface area contributed by atoms with Crippen LogP contribution >= 0.6 is 0 Å². The number of carbonyl (C=O) groups is 1. The van der Waals surface area contributed by atoms with Crippen molar-refractivity contribution in [2.45, 2.75) is 72.8 Å². The second-order valence-electron chi connectivity index (χ2n) is 10.0. The molecule has 1 aromatic heterocycles. The van der Waals surface area contributed by atoms with Crippen molar-refractivity contribution in [3.05, 3.63) is 64.9 Å². The molecule has 1 atom stereocenters. The van der Waals surface area contributed by atoms with Gasteiger partial charge >= 0.3 is 5.97 Å². The second kappa shape index (κ2) is 10.2. The van der Waals surface area contributed by atoms with Crippen molar-refractivity contribution in [1.29, 1.82) is 0 Å². The van der Waals surface area contributed by atoms with Crippen LogP contribution in [0.3, 0.4) is 0 Å². The zero-order chi connectivity index (χ0) is 25.1. The number of aliphatic hydroxyl groups is 1. The number of aryl methyl sites for hydroxylation is 1. The predicted molar refractivity (Wildman–Crippen MR) is 136 cm³/mol. The Hall–Kier alpha value is -2.79. The molecular formula is C29H38O5. The highest BCUT2D eigenvalue weighted by atomic mass is 16.5. The summed E-state index contributed by atoms with van der Waals surface area (Å²) in [4.78, 5) is 12.2. The first-order valence-electron chi connectivity index (χ1n) is 12.2. The Kier molecular flexibility index (Phi) is 7.77. The van der Waals surface area contributed by atoms with Crippen LogP contribution in [0.5, 0.6) is 5.75 Å². The normalized spacial score (nSPS) is 13.2. The molecule has 2 aromatic carbocycles. The van der Waals surface area contributed by atoms with E-state index in [1.54, 1.807) is 19.1 Å². The lowest BCUT2D eigenvalue weighted by molar-refractivity contribution is 0.0216. The molecule has 3 rings (SSSR count). The van der Waals surface area contributed by atoms with Crippen molar-refractivity contribution >= 4 is 16.9 Å². The molecule has 0 saturated heterocycles. The molecular weight excluding hydrogens is 428 g/mol. The van der Waals surface area contributed by atoms with E-state index in [0.29, 0.717) is 17.8 Å². The fourth-order valence-electron chi connectivity index (χ4n) is 4.29. The second-order valence-corrected chi connectivity index (χ2v) is 10.0. The lowest BCUT2D eigenvalue weighted by Crippen LogP contribution is -2.32. The first kappa shape index (κ1) is 25.8. The summed E-state index contributed by atoms with van der Waals surface area (Å²) in [5.41, 5.74) is 2.80. The maximum absolute atomic E-state index is 12.2. The van der Waals surface area contributed by atoms with Crippen LogP contribution in [-0.2, 0) is 10.2 Å². The van der Waals surface area contributed by atoms with Gasteiger partial charge in [0.2, 0.25) is 0 Å². The lowest BCUT2D eigenvalue weighted by atomic mass is 9.73. The molecule has 0 bridgehead atoms. The quantitative estimate of drug-likeness (QED) is 0.351. The van der Waals surface area contributed by atoms with E-state index in [1.165, 1.54) is 0 Å². The number of hydrogen-bond acceptors (Lipinski definition) is 5. The first-order valence-corrected chi connectivity index (χ1v) is 12.2. The van der Waals surface area contributed by atoms with Gasteiger partial charge in [0.05, 0.1) is 23.7 Å². The molecule has 0 saturated carbocycles. The molecule has 0 radical (unpaired) electrons. The summed E-state index contributed by atoms with van der Waals surface area (Å²) in [5.74, 6) is 1.31. The number of furan rings is 1. The zero-order valence-corrected chi connectivity index (χ0v) is 21.5. The number of benzene rings is 2. The van der Waals surface area contributed by atoms with E-state index in [4.69, 9.17) is 13.9 Å². The van der Waals surface area contributed by atoms with Gasteiger partial charge in [0.1, 0.15) is 23.7 Å². The van der Waals surface area contributed by atoms with E-state index in [2.05, 4.69) is 32.0 Å². The molecule has 0 aliphatic heterocycles. The summed E-state index contributed by atoms with van der Waals surface area (Å²) in [6.45, 7) is 14.7. The topological polar surface area (TPSA) is 68.9 Å². The minimum Gasteiger partial charge on any atom is -0.491 e. The smallest absolute Gasteiger partial charge is 0.338 e. The van der Waals surface area contributed by atoms with Crippen molar-refractivity contribution in [2.75, 3.05) is 13.2 Å². The molecule has 34 heavy (non-hydrogen) atoms. The molecule has 184 valence electrons. The van der Waals surface area contributed by atoms with Gasteiger partial charge in [-0.3, -0.25) is 0 Å². The Morgan fingerprint density at radius 1 is 1.03 bits per heavy atom. The number of esters is 1. The molecule has 1 heterocycles. The summed E-state index contributed by atoms with van der Waals surface area (Å²) >= 11 is 0. The SMILES string of the molecule is CCOC(=O)c1ccc2cc(C(CC)(CC)c3ccc(OCC(O)C(C)(C)C)c(C)c3)oc2c1. The van der Waals surface area contributed by atoms with Gasteiger partial charge in [0, 0.05) is 5.39 Å². The fourth-order valence-corrected chi connectivity index (χ4v) is 4.29. The summed E-state index contributed by atoms with van der Waals surface area (Å²) in [6.07, 6.45) is 1.17. The van der Waals surface area contributed by atoms with Gasteiger partial charge in [-0.05, 0) is 67.5 Å². The Morgan fingerprint density at radius 3 is 2.32 bits per heavy atom. The molecule has 0 spiro atoms. The van der Waals surface area contributed by atoms with Crippen LogP contribution in [-0.4, -0.2) is 30.4 Å². The van der Waals surface area contributed by atoms with E-state index in [0.717, 1.165) is 40.9 Å². The van der Waals surface area contributed by atoms with Gasteiger partial charge in [-0.25, -0.2) is 4.79 Å². The third kappa shape index (κ3) is 5.15. The molecule has 0 fully saturated rings. The number of hydrogen-bond donors (Lipinski definition) is 1. The number of aliphatic hydroxyl groups excluding tert-OH is 1. The van der Waals surface area contributed by atoms with Crippen molar-refractivity contribution in [3.8, 4) is 5.75 Å². The van der Waals surface area contributed by atoms with E-state index in [9.17, 15) is 9.90 Å². The Labute approximate surface area is 203 Å². The third-order valence-corrected chi connectivity index (χ3v) is 6.83. The first-order chi connectivity index (χ1) is 16.1. The van der Waals surface area contributed by atoms with E-state index >= 15 is 0 Å². The molecule has 5 heteroatoms. The summed E-state index contributed by atoms with van der Waals surface area (Å²) in [6, 6.07) is 13.8. The van der Waals surface area contributed by atoms with Crippen LogP contribution < -0.4 is 4.74 Å². The molecule has 0 aliphatic carbocycles. The van der Waals surface area contributed by atoms with Crippen LogP contribution in [0.4, 0.5) is 0 Å². The van der Waals surface area contributed by atoms with Gasteiger partial charge < -0.3 is 19.0 Å². The monoisotopic (exact) mass is 466 g/mol. The maximum atomic E-state index is 12.2. The minimum absolute atomic E-state index is 0.234. The Balaban J connectivity index is 1.94. The molecule has 5 nitrogen and oxygen atoms in total. The van der Waals surface area contributed by atoms with Gasteiger partial charge in [-0.15, -0.1) is 0 Å². The van der Waals surface area contributed by atoms with Crippen LogP contribution in [0.25, 0.3) is 11.0 Å². The number of ether oxygens (including phenoxy) is 2. The standard InChI is InChI=1S/C29H38O5/c1-8-29(9-2,22-13-14-23(19(4)15-22)33-18-25(30)28(5,6)7)26-17-20-11-12-21(16-24(20)34-26)27(31)32-10-3/h11-17,25,30H,8-10,18H2,1-7H3. The van der Waals surface area contributed by atoms with Gasteiger partial charge in [0.25, 0.3) is 0 Å². The predicted octanol–water partition coefficient (Wildman–Crippen LogP) is 6.81. The van der Waals surface area contributed by atoms with Crippen LogP contribution in [0.2, 0.25) is 0 Å². The van der Waals surface area contributed by atoms with Gasteiger partial charge in [-0.1, -0.05) is 52.8 Å². The van der Waals surface area contributed by atoms with Crippen LogP contribution in [0.1, 0.15) is 81.6 Å². The molecule has 1 unspecified atom stereocenters. The van der Waals surface area contributed by atoms with Crippen molar-refractivity contribution in [1.82, 2.24) is 0 Å². The van der Waals surface area contributed by atoms with Gasteiger partial charge in [-0.2, -0.15) is 0 Å². The summed E-state index contributed by atoms with van der Waals surface area (Å²) in [7, 11) is 0. The van der Waals surface area contributed by atoms with Crippen molar-refractivity contribution < 1.29 is 23.8 Å². The minimum atomic E-state index is -0.549. The van der Waals surface area contributed by atoms with E-state index < -0.39 is 6.10 Å². The highest BCUT2D eigenvalue weighted by Gasteiger charge is 2.35. The van der Waals surface area contributed by atoms with Crippen molar-refractivity contribution in [3.63, 3.8) is 0 Å². The fraction of sp³-hybridized carbons (Fsp3) is 0.483. The zero-order valence-electron chi connectivity index (χ0n) is 21.5. The summed E-state index contributed by atoms with van der Waals surface area (Å²) < 4.78 is 17.4. The molecule has 0 aliphatic rings. The number of fused-ring (bicyclic) bond motifs is 1. The highest BCUT2D eigenvalue weighted by Crippen LogP contribution is 2.42. The third-order valence-electron chi connectivity index (χ3n) is 6.83. The largest absolute Gasteiger partial charge is 0.491 e. The van der Waals surface area contributed by atoms with Crippen LogP contribution in [0, 0.1) is 12.3 Å². The maximum Gasteiger partial charge on any atom is 0.338 e. The van der Waals surface area contributed by atoms with Gasteiger partial charge in [0.15, 0.2) is 0 Å². The highest BCUT2D eigenvalue weighted by molar-refractivity contribution is 5.94.